The molecule has 0 aliphatic carbocycles. The predicted octanol–water partition coefficient (Wildman–Crippen LogP) is 3.64. The Balaban J connectivity index is 2.03. The highest BCUT2D eigenvalue weighted by atomic mass is 16.2. The summed E-state index contributed by atoms with van der Waals surface area (Å²) >= 11 is 0. The van der Waals surface area contributed by atoms with Crippen molar-refractivity contribution >= 4 is 5.91 Å². The van der Waals surface area contributed by atoms with Crippen LogP contribution in [0.1, 0.15) is 30.5 Å². The van der Waals surface area contributed by atoms with Crippen LogP contribution in [0.25, 0.3) is 0 Å². The molecular weight excluding hydrogens is 246 g/mol. The van der Waals surface area contributed by atoms with Gasteiger partial charge in [0.2, 0.25) is 5.91 Å². The minimum atomic E-state index is 0.0369. The van der Waals surface area contributed by atoms with Crippen LogP contribution in [0, 0.1) is 5.92 Å². The van der Waals surface area contributed by atoms with E-state index in [1.54, 1.807) is 0 Å². The molecule has 0 bridgehead atoms. The Bertz CT molecular complexity index is 539. The fraction of sp³-hybridized carbons (Fsp3) is 0.278. The average Bonchev–Trinajstić information content (AvgIpc) is 2.82. The van der Waals surface area contributed by atoms with E-state index in [1.807, 2.05) is 48.2 Å². The summed E-state index contributed by atoms with van der Waals surface area (Å²) in [4.78, 5) is 14.4. The van der Waals surface area contributed by atoms with E-state index in [4.69, 9.17) is 0 Å². The van der Waals surface area contributed by atoms with Gasteiger partial charge in [-0.25, -0.2) is 0 Å². The van der Waals surface area contributed by atoms with Crippen LogP contribution in [0.5, 0.6) is 0 Å². The average molecular weight is 265 g/mol. The Morgan fingerprint density at radius 2 is 1.45 bits per heavy atom. The summed E-state index contributed by atoms with van der Waals surface area (Å²) in [5.74, 6) is 0.410. The number of carbonyl (C=O) groups is 1. The summed E-state index contributed by atoms with van der Waals surface area (Å²) < 4.78 is 0. The van der Waals surface area contributed by atoms with Crippen LogP contribution < -0.4 is 0 Å². The largest absolute Gasteiger partial charge is 0.331 e. The Morgan fingerprint density at radius 1 is 0.950 bits per heavy atom. The lowest BCUT2D eigenvalue weighted by molar-refractivity contribution is -0.131. The van der Waals surface area contributed by atoms with Crippen molar-refractivity contribution in [1.82, 2.24) is 4.90 Å². The molecule has 1 heterocycles. The molecule has 1 saturated heterocycles. The predicted molar refractivity (Wildman–Crippen MR) is 80.2 cm³/mol. The second-order valence-electron chi connectivity index (χ2n) is 5.45. The van der Waals surface area contributed by atoms with Crippen molar-refractivity contribution in [3.8, 4) is 0 Å². The van der Waals surface area contributed by atoms with Gasteiger partial charge in [0, 0.05) is 12.5 Å². The lowest BCUT2D eigenvalue weighted by atomic mass is 9.97. The van der Waals surface area contributed by atoms with Crippen LogP contribution in [0.2, 0.25) is 0 Å². The molecule has 1 fully saturated rings. The van der Waals surface area contributed by atoms with Crippen molar-refractivity contribution in [2.24, 2.45) is 5.92 Å². The maximum atomic E-state index is 12.4. The first kappa shape index (κ1) is 12.9. The molecule has 20 heavy (non-hydrogen) atoms. The van der Waals surface area contributed by atoms with Crippen LogP contribution in [0.3, 0.4) is 0 Å². The van der Waals surface area contributed by atoms with E-state index in [1.165, 1.54) is 11.1 Å². The number of likely N-dealkylation sites (tertiary alicyclic amines) is 1. The maximum Gasteiger partial charge on any atom is 0.226 e. The molecule has 1 unspecified atom stereocenters. The molecule has 2 heteroatoms. The molecule has 1 amide bonds. The van der Waals surface area contributed by atoms with Gasteiger partial charge in [0.1, 0.15) is 0 Å². The molecule has 0 saturated carbocycles. The third kappa shape index (κ3) is 2.34. The summed E-state index contributed by atoms with van der Waals surface area (Å²) in [5.41, 5.74) is 2.36. The number of nitrogens with zero attached hydrogens (tertiary/aromatic N) is 1. The molecule has 1 aliphatic rings. The first-order valence-electron chi connectivity index (χ1n) is 7.18. The van der Waals surface area contributed by atoms with Gasteiger partial charge in [-0.3, -0.25) is 4.79 Å². The molecule has 2 nitrogen and oxygen atoms in total. The van der Waals surface area contributed by atoms with Crippen LogP contribution in [0.4, 0.5) is 0 Å². The Morgan fingerprint density at radius 3 is 1.85 bits per heavy atom. The zero-order valence-electron chi connectivity index (χ0n) is 11.7. The second kappa shape index (κ2) is 5.49. The molecule has 0 N–H and O–H groups in total. The van der Waals surface area contributed by atoms with Gasteiger partial charge in [0.05, 0.1) is 6.04 Å². The lowest BCUT2D eigenvalue weighted by Gasteiger charge is -2.29. The van der Waals surface area contributed by atoms with Crippen LogP contribution in [-0.2, 0) is 4.79 Å². The molecular formula is C18H19NO. The van der Waals surface area contributed by atoms with Gasteiger partial charge in [-0.1, -0.05) is 67.6 Å². The highest BCUT2D eigenvalue weighted by Crippen LogP contribution is 2.33. The quantitative estimate of drug-likeness (QED) is 0.829. The van der Waals surface area contributed by atoms with Gasteiger partial charge in [-0.15, -0.1) is 0 Å². The zero-order chi connectivity index (χ0) is 13.9. The first-order chi connectivity index (χ1) is 9.77. The first-order valence-corrected chi connectivity index (χ1v) is 7.18. The van der Waals surface area contributed by atoms with Gasteiger partial charge in [-0.05, 0) is 17.5 Å². The van der Waals surface area contributed by atoms with E-state index in [2.05, 4.69) is 24.3 Å². The molecule has 1 aliphatic heterocycles. The zero-order valence-corrected chi connectivity index (χ0v) is 11.7. The van der Waals surface area contributed by atoms with Gasteiger partial charge >= 0.3 is 0 Å². The van der Waals surface area contributed by atoms with Crippen LogP contribution in [-0.4, -0.2) is 17.4 Å². The number of rotatable bonds is 3. The SMILES string of the molecule is CC1CCN(C(c2ccccc2)c2ccccc2)C1=O. The molecule has 1 atom stereocenters. The third-order valence-corrected chi connectivity index (χ3v) is 4.05. The van der Waals surface area contributed by atoms with E-state index in [0.717, 1.165) is 13.0 Å². The number of hydrogen-bond acceptors (Lipinski definition) is 1. The fourth-order valence-electron chi connectivity index (χ4n) is 2.93. The number of carbonyl (C=O) groups excluding carboxylic acids is 1. The van der Waals surface area contributed by atoms with Crippen LogP contribution >= 0.6 is 0 Å². The third-order valence-electron chi connectivity index (χ3n) is 4.05. The summed E-state index contributed by atoms with van der Waals surface area (Å²) in [6, 6.07) is 20.6. The Labute approximate surface area is 120 Å². The molecule has 0 spiro atoms. The number of benzene rings is 2. The molecule has 2 aromatic rings. The lowest BCUT2D eigenvalue weighted by Crippen LogP contribution is -2.32. The normalized spacial score (nSPS) is 18.8. The van der Waals surface area contributed by atoms with Gasteiger partial charge in [-0.2, -0.15) is 0 Å². The molecule has 2 aromatic carbocycles. The van der Waals surface area contributed by atoms with E-state index in [0.29, 0.717) is 0 Å². The fourth-order valence-corrected chi connectivity index (χ4v) is 2.93. The second-order valence-corrected chi connectivity index (χ2v) is 5.45. The topological polar surface area (TPSA) is 20.3 Å². The molecule has 102 valence electrons. The summed E-state index contributed by atoms with van der Waals surface area (Å²) in [6.45, 7) is 2.86. The van der Waals surface area contributed by atoms with Crippen molar-refractivity contribution in [1.29, 1.82) is 0 Å². The van der Waals surface area contributed by atoms with Crippen LogP contribution in [0.15, 0.2) is 60.7 Å². The Kier molecular flexibility index (Phi) is 3.55. The summed E-state index contributed by atoms with van der Waals surface area (Å²) in [7, 11) is 0. The van der Waals surface area contributed by atoms with Crippen molar-refractivity contribution < 1.29 is 4.79 Å². The smallest absolute Gasteiger partial charge is 0.226 e. The maximum absolute atomic E-state index is 12.4. The highest BCUT2D eigenvalue weighted by molar-refractivity contribution is 5.81. The molecule has 0 radical (unpaired) electrons. The number of amides is 1. The monoisotopic (exact) mass is 265 g/mol. The number of hydrogen-bond donors (Lipinski definition) is 0. The standard InChI is InChI=1S/C18H19NO/c1-14-12-13-19(18(14)20)17(15-8-4-2-5-9-15)16-10-6-3-7-11-16/h2-11,14,17H,12-13H2,1H3. The van der Waals surface area contributed by atoms with E-state index in [9.17, 15) is 4.79 Å². The summed E-state index contributed by atoms with van der Waals surface area (Å²) in [6.07, 6.45) is 0.953. The van der Waals surface area contributed by atoms with Crippen molar-refractivity contribution in [3.63, 3.8) is 0 Å². The molecule has 3 rings (SSSR count). The van der Waals surface area contributed by atoms with Crippen molar-refractivity contribution in [3.05, 3.63) is 71.8 Å². The minimum Gasteiger partial charge on any atom is -0.331 e. The highest BCUT2D eigenvalue weighted by Gasteiger charge is 2.34. The van der Waals surface area contributed by atoms with Gasteiger partial charge in [0.15, 0.2) is 0 Å². The van der Waals surface area contributed by atoms with Gasteiger partial charge < -0.3 is 4.90 Å². The van der Waals surface area contributed by atoms with E-state index >= 15 is 0 Å². The van der Waals surface area contributed by atoms with Gasteiger partial charge in [0.25, 0.3) is 0 Å². The van der Waals surface area contributed by atoms with Crippen molar-refractivity contribution in [2.45, 2.75) is 19.4 Å². The molecule has 0 aromatic heterocycles. The minimum absolute atomic E-state index is 0.0369. The van der Waals surface area contributed by atoms with E-state index in [-0.39, 0.29) is 17.9 Å². The Hall–Kier alpha value is -2.09. The van der Waals surface area contributed by atoms with Crippen molar-refractivity contribution in [2.75, 3.05) is 6.54 Å². The van der Waals surface area contributed by atoms with E-state index < -0.39 is 0 Å². The summed E-state index contributed by atoms with van der Waals surface area (Å²) in [5, 5.41) is 0.